The summed E-state index contributed by atoms with van der Waals surface area (Å²) in [6.07, 6.45) is 5.26. The number of hydrogen-bond donors (Lipinski definition) is 3. The van der Waals surface area contributed by atoms with E-state index in [1.165, 1.54) is 18.4 Å². The molecule has 2 aliphatic rings. The Kier molecular flexibility index (Phi) is 4.76. The van der Waals surface area contributed by atoms with Crippen LogP contribution in [0.15, 0.2) is 24.3 Å². The fourth-order valence-electron chi connectivity index (χ4n) is 4.35. The molecule has 1 aromatic heterocycles. The molecule has 2 unspecified atom stereocenters. The standard InChI is InChI=1S/C21H29N5O/c1-21(2,3)15-6-4-14(5-7-15)19-24-20(26-25-19)23-18(27)12-13-10-16-8-9-17(11-13)22-16/h4-7,13,16-17,22H,8-12H2,1-3H3,(H2,23,24,25,26,27). The maximum atomic E-state index is 12.4. The highest BCUT2D eigenvalue weighted by molar-refractivity contribution is 5.89. The third-order valence-corrected chi connectivity index (χ3v) is 5.81. The lowest BCUT2D eigenvalue weighted by Crippen LogP contribution is -2.39. The molecule has 3 N–H and O–H groups in total. The number of aromatic nitrogens is 3. The predicted octanol–water partition coefficient (Wildman–Crippen LogP) is 3.63. The molecule has 0 saturated carbocycles. The van der Waals surface area contributed by atoms with Gasteiger partial charge in [-0.15, -0.1) is 5.10 Å². The molecule has 2 atom stereocenters. The SMILES string of the molecule is CC(C)(C)c1ccc(-c2nc(NC(=O)CC3CC4CCC(C3)N4)n[nH]2)cc1. The first kappa shape index (κ1) is 18.2. The zero-order valence-corrected chi connectivity index (χ0v) is 16.4. The number of amides is 1. The van der Waals surface area contributed by atoms with Crippen molar-refractivity contribution in [2.24, 2.45) is 5.92 Å². The monoisotopic (exact) mass is 367 g/mol. The minimum atomic E-state index is 0.00919. The average molecular weight is 367 g/mol. The lowest BCUT2D eigenvalue weighted by Gasteiger charge is -2.28. The number of piperidine rings is 1. The predicted molar refractivity (Wildman–Crippen MR) is 106 cm³/mol. The summed E-state index contributed by atoms with van der Waals surface area (Å²) >= 11 is 0. The van der Waals surface area contributed by atoms with Crippen LogP contribution in [-0.4, -0.2) is 33.2 Å². The number of carbonyl (C=O) groups is 1. The Morgan fingerprint density at radius 2 is 1.81 bits per heavy atom. The van der Waals surface area contributed by atoms with Crippen LogP contribution in [0.2, 0.25) is 0 Å². The van der Waals surface area contributed by atoms with Gasteiger partial charge in [-0.05, 0) is 42.6 Å². The van der Waals surface area contributed by atoms with Gasteiger partial charge in [-0.2, -0.15) is 4.98 Å². The molecule has 0 radical (unpaired) electrons. The third kappa shape index (κ3) is 4.21. The number of anilines is 1. The Hall–Kier alpha value is -2.21. The van der Waals surface area contributed by atoms with E-state index in [0.29, 0.717) is 36.2 Å². The van der Waals surface area contributed by atoms with Crippen molar-refractivity contribution >= 4 is 11.9 Å². The number of nitrogens with zero attached hydrogens (tertiary/aromatic N) is 2. The molecule has 2 aliphatic heterocycles. The number of hydrogen-bond acceptors (Lipinski definition) is 4. The normalized spacial score (nSPS) is 24.8. The quantitative estimate of drug-likeness (QED) is 0.771. The number of benzene rings is 1. The van der Waals surface area contributed by atoms with Gasteiger partial charge in [0.1, 0.15) is 0 Å². The van der Waals surface area contributed by atoms with Crippen LogP contribution in [0, 0.1) is 5.92 Å². The molecule has 0 spiro atoms. The van der Waals surface area contributed by atoms with Gasteiger partial charge in [0.2, 0.25) is 11.9 Å². The fourth-order valence-corrected chi connectivity index (χ4v) is 4.35. The van der Waals surface area contributed by atoms with Gasteiger partial charge < -0.3 is 5.32 Å². The molecule has 1 amide bonds. The fraction of sp³-hybridized carbons (Fsp3) is 0.571. The van der Waals surface area contributed by atoms with Crippen molar-refractivity contribution in [3.05, 3.63) is 29.8 Å². The van der Waals surface area contributed by atoms with Crippen LogP contribution in [0.4, 0.5) is 5.95 Å². The van der Waals surface area contributed by atoms with Crippen LogP contribution in [0.3, 0.4) is 0 Å². The van der Waals surface area contributed by atoms with Crippen molar-refractivity contribution in [1.82, 2.24) is 20.5 Å². The molecule has 2 aromatic rings. The van der Waals surface area contributed by atoms with Gasteiger partial charge in [-0.3, -0.25) is 15.2 Å². The Morgan fingerprint density at radius 1 is 1.15 bits per heavy atom. The van der Waals surface area contributed by atoms with Gasteiger partial charge in [0.05, 0.1) is 0 Å². The van der Waals surface area contributed by atoms with Crippen molar-refractivity contribution in [3.63, 3.8) is 0 Å². The first-order valence-corrected chi connectivity index (χ1v) is 9.96. The van der Waals surface area contributed by atoms with Crippen LogP contribution in [0.25, 0.3) is 11.4 Å². The second kappa shape index (κ2) is 7.08. The summed E-state index contributed by atoms with van der Waals surface area (Å²) in [6.45, 7) is 6.58. The molecule has 2 saturated heterocycles. The molecule has 144 valence electrons. The van der Waals surface area contributed by atoms with Crippen LogP contribution >= 0.6 is 0 Å². The summed E-state index contributed by atoms with van der Waals surface area (Å²) in [6, 6.07) is 9.51. The van der Waals surface area contributed by atoms with E-state index >= 15 is 0 Å². The smallest absolute Gasteiger partial charge is 0.249 e. The van der Waals surface area contributed by atoms with Crippen LogP contribution < -0.4 is 10.6 Å². The lowest BCUT2D eigenvalue weighted by molar-refractivity contribution is -0.117. The summed E-state index contributed by atoms with van der Waals surface area (Å²) in [5.41, 5.74) is 2.36. The average Bonchev–Trinajstić information content (AvgIpc) is 3.20. The minimum Gasteiger partial charge on any atom is -0.311 e. The highest BCUT2D eigenvalue weighted by Gasteiger charge is 2.34. The van der Waals surface area contributed by atoms with E-state index in [2.05, 4.69) is 58.7 Å². The Bertz CT molecular complexity index is 793. The van der Waals surface area contributed by atoms with Gasteiger partial charge >= 0.3 is 0 Å². The highest BCUT2D eigenvalue weighted by atomic mass is 16.1. The summed E-state index contributed by atoms with van der Waals surface area (Å²) in [5.74, 6) is 1.50. The molecule has 3 heterocycles. The van der Waals surface area contributed by atoms with Crippen LogP contribution in [0.5, 0.6) is 0 Å². The van der Waals surface area contributed by atoms with Crippen molar-refractivity contribution in [1.29, 1.82) is 0 Å². The number of H-pyrrole nitrogens is 1. The third-order valence-electron chi connectivity index (χ3n) is 5.81. The number of fused-ring (bicyclic) bond motifs is 2. The lowest BCUT2D eigenvalue weighted by atomic mass is 9.87. The molecular formula is C21H29N5O. The van der Waals surface area contributed by atoms with E-state index in [4.69, 9.17) is 0 Å². The molecule has 27 heavy (non-hydrogen) atoms. The zero-order chi connectivity index (χ0) is 19.0. The van der Waals surface area contributed by atoms with Crippen LogP contribution in [-0.2, 0) is 10.2 Å². The van der Waals surface area contributed by atoms with Gasteiger partial charge in [0.15, 0.2) is 5.82 Å². The summed E-state index contributed by atoms with van der Waals surface area (Å²) in [4.78, 5) is 16.8. The van der Waals surface area contributed by atoms with Gasteiger partial charge in [0, 0.05) is 24.1 Å². The molecule has 2 bridgehead atoms. The van der Waals surface area contributed by atoms with Gasteiger partial charge in [0.25, 0.3) is 0 Å². The van der Waals surface area contributed by atoms with Crippen molar-refractivity contribution in [3.8, 4) is 11.4 Å². The molecule has 0 aliphatic carbocycles. The Balaban J connectivity index is 1.35. The van der Waals surface area contributed by atoms with Gasteiger partial charge in [-0.1, -0.05) is 45.0 Å². The van der Waals surface area contributed by atoms with Gasteiger partial charge in [-0.25, -0.2) is 0 Å². The summed E-state index contributed by atoms with van der Waals surface area (Å²) < 4.78 is 0. The van der Waals surface area contributed by atoms with Crippen molar-refractivity contribution in [2.75, 3.05) is 5.32 Å². The molecule has 6 nitrogen and oxygen atoms in total. The second-order valence-corrected chi connectivity index (χ2v) is 9.06. The largest absolute Gasteiger partial charge is 0.311 e. The van der Waals surface area contributed by atoms with E-state index in [-0.39, 0.29) is 11.3 Å². The number of rotatable bonds is 4. The summed E-state index contributed by atoms with van der Waals surface area (Å²) in [5, 5.41) is 13.6. The number of carbonyl (C=O) groups excluding carboxylic acids is 1. The minimum absolute atomic E-state index is 0.00919. The van der Waals surface area contributed by atoms with Crippen molar-refractivity contribution in [2.45, 2.75) is 70.4 Å². The Labute approximate surface area is 160 Å². The summed E-state index contributed by atoms with van der Waals surface area (Å²) in [7, 11) is 0. The topological polar surface area (TPSA) is 82.7 Å². The first-order chi connectivity index (χ1) is 12.9. The molecule has 1 aromatic carbocycles. The zero-order valence-electron chi connectivity index (χ0n) is 16.4. The van der Waals surface area contributed by atoms with E-state index in [0.717, 1.165) is 18.4 Å². The van der Waals surface area contributed by atoms with E-state index in [1.54, 1.807) is 0 Å². The van der Waals surface area contributed by atoms with Crippen LogP contribution in [0.1, 0.15) is 58.4 Å². The molecule has 6 heteroatoms. The molecule has 2 fully saturated rings. The van der Waals surface area contributed by atoms with E-state index in [1.807, 2.05) is 12.1 Å². The second-order valence-electron chi connectivity index (χ2n) is 9.06. The number of nitrogens with one attached hydrogen (secondary N) is 3. The van der Waals surface area contributed by atoms with E-state index in [9.17, 15) is 4.79 Å². The van der Waals surface area contributed by atoms with E-state index < -0.39 is 0 Å². The Morgan fingerprint density at radius 3 is 2.44 bits per heavy atom. The highest BCUT2D eigenvalue weighted by Crippen LogP contribution is 2.32. The first-order valence-electron chi connectivity index (χ1n) is 9.96. The molecular weight excluding hydrogens is 338 g/mol. The van der Waals surface area contributed by atoms with Crippen molar-refractivity contribution < 1.29 is 4.79 Å². The number of aromatic amines is 1. The maximum Gasteiger partial charge on any atom is 0.249 e. The molecule has 4 rings (SSSR count). The maximum absolute atomic E-state index is 12.4.